The van der Waals surface area contributed by atoms with Gasteiger partial charge in [0.15, 0.2) is 0 Å². The molecule has 1 rings (SSSR count). The predicted octanol–water partition coefficient (Wildman–Crippen LogP) is 1.09. The number of Topliss-reactive ketones (excluding diaryl/α,β-unsaturated/α-hetero) is 1. The zero-order valence-electron chi connectivity index (χ0n) is 5.96. The van der Waals surface area contributed by atoms with E-state index in [1.54, 1.807) is 24.6 Å². The summed E-state index contributed by atoms with van der Waals surface area (Å²) in [4.78, 5) is 24.5. The van der Waals surface area contributed by atoms with E-state index in [4.69, 9.17) is 0 Å². The number of hydrogen-bond acceptors (Lipinski definition) is 3. The Morgan fingerprint density at radius 2 is 2.27 bits per heavy atom. The second kappa shape index (κ2) is 3.39. The largest absolute Gasteiger partial charge is 0.358 e. The number of rotatable bonds is 2. The Morgan fingerprint density at radius 3 is 2.73 bits per heavy atom. The van der Waals surface area contributed by atoms with E-state index in [2.05, 4.69) is 4.98 Å². The maximum Gasteiger partial charge on any atom is 0.261 e. The summed E-state index contributed by atoms with van der Waals surface area (Å²) in [6.07, 6.45) is 3.20. The van der Waals surface area contributed by atoms with Crippen LogP contribution in [0.5, 0.6) is 0 Å². The summed E-state index contributed by atoms with van der Waals surface area (Å²) in [5, 5.41) is -0.438. The van der Waals surface area contributed by atoms with Gasteiger partial charge < -0.3 is 4.98 Å². The van der Waals surface area contributed by atoms with E-state index >= 15 is 0 Å². The summed E-state index contributed by atoms with van der Waals surface area (Å²) in [7, 11) is 0. The van der Waals surface area contributed by atoms with Gasteiger partial charge in [-0.25, -0.2) is 0 Å². The van der Waals surface area contributed by atoms with Crippen molar-refractivity contribution in [2.75, 3.05) is 6.26 Å². The molecule has 0 bridgehead atoms. The molecule has 0 saturated heterocycles. The fraction of sp³-hybridized carbons (Fsp3) is 0.143. The van der Waals surface area contributed by atoms with Crippen LogP contribution in [0.3, 0.4) is 0 Å². The first-order valence-electron chi connectivity index (χ1n) is 3.01. The third kappa shape index (κ3) is 1.71. The third-order valence-electron chi connectivity index (χ3n) is 1.21. The van der Waals surface area contributed by atoms with Gasteiger partial charge in [0.1, 0.15) is 0 Å². The van der Waals surface area contributed by atoms with E-state index in [1.165, 1.54) is 0 Å². The van der Waals surface area contributed by atoms with E-state index in [0.717, 1.165) is 11.8 Å². The minimum Gasteiger partial charge on any atom is -0.358 e. The van der Waals surface area contributed by atoms with E-state index in [-0.39, 0.29) is 0 Å². The lowest BCUT2D eigenvalue weighted by molar-refractivity contribution is -0.107. The van der Waals surface area contributed by atoms with Gasteiger partial charge in [-0.3, -0.25) is 9.59 Å². The molecule has 1 aromatic rings. The lowest BCUT2D eigenvalue weighted by Gasteiger charge is -1.90. The van der Waals surface area contributed by atoms with Crippen molar-refractivity contribution < 1.29 is 9.59 Å². The van der Waals surface area contributed by atoms with Crippen LogP contribution >= 0.6 is 11.8 Å². The van der Waals surface area contributed by atoms with Gasteiger partial charge in [0, 0.05) is 6.20 Å². The molecule has 1 N–H and O–H groups in total. The quantitative estimate of drug-likeness (QED) is 0.532. The molecule has 3 nitrogen and oxygen atoms in total. The lowest BCUT2D eigenvalue weighted by atomic mass is 10.3. The summed E-state index contributed by atoms with van der Waals surface area (Å²) in [6.45, 7) is 0. The highest BCUT2D eigenvalue weighted by molar-refractivity contribution is 8.14. The van der Waals surface area contributed by atoms with Crippen LogP contribution in [-0.4, -0.2) is 22.1 Å². The van der Waals surface area contributed by atoms with Crippen LogP contribution in [0.4, 0.5) is 0 Å². The standard InChI is InChI=1S/C7H7NO2S/c1-11-7(10)6(9)5-3-2-4-8-5/h2-4,8H,1H3. The number of H-pyrrole nitrogens is 1. The molecule has 0 aliphatic heterocycles. The van der Waals surface area contributed by atoms with Crippen LogP contribution in [-0.2, 0) is 4.79 Å². The second-order valence-electron chi connectivity index (χ2n) is 1.90. The SMILES string of the molecule is CSC(=O)C(=O)c1ccc[nH]1. The Hall–Kier alpha value is -1.03. The molecule has 4 heteroatoms. The maximum atomic E-state index is 11.0. The fourth-order valence-electron chi connectivity index (χ4n) is 0.674. The van der Waals surface area contributed by atoms with Crippen LogP contribution < -0.4 is 0 Å². The van der Waals surface area contributed by atoms with Gasteiger partial charge in [-0.2, -0.15) is 0 Å². The van der Waals surface area contributed by atoms with Gasteiger partial charge in [0.2, 0.25) is 0 Å². The molecule has 0 aliphatic carbocycles. The molecule has 0 spiro atoms. The van der Waals surface area contributed by atoms with Crippen LogP contribution in [0.15, 0.2) is 18.3 Å². The first-order chi connectivity index (χ1) is 5.25. The Morgan fingerprint density at radius 1 is 1.55 bits per heavy atom. The average molecular weight is 169 g/mol. The summed E-state index contributed by atoms with van der Waals surface area (Å²) in [5.41, 5.74) is 0.351. The molecule has 0 atom stereocenters. The van der Waals surface area contributed by atoms with E-state index < -0.39 is 10.9 Å². The summed E-state index contributed by atoms with van der Waals surface area (Å²) < 4.78 is 0. The van der Waals surface area contributed by atoms with E-state index in [0.29, 0.717) is 5.69 Å². The molecule has 1 heterocycles. The minimum atomic E-state index is -0.470. The van der Waals surface area contributed by atoms with Crippen molar-refractivity contribution in [3.05, 3.63) is 24.0 Å². The van der Waals surface area contributed by atoms with Gasteiger partial charge in [-0.15, -0.1) is 0 Å². The molecular formula is C7H7NO2S. The molecule has 0 fully saturated rings. The molecule has 0 saturated carbocycles. The zero-order chi connectivity index (χ0) is 8.27. The van der Waals surface area contributed by atoms with Crippen LogP contribution in [0.2, 0.25) is 0 Å². The maximum absolute atomic E-state index is 11.0. The van der Waals surface area contributed by atoms with E-state index in [9.17, 15) is 9.59 Å². The van der Waals surface area contributed by atoms with Crippen molar-refractivity contribution in [1.29, 1.82) is 0 Å². The highest BCUT2D eigenvalue weighted by Crippen LogP contribution is 2.03. The molecule has 0 amide bonds. The summed E-state index contributed by atoms with van der Waals surface area (Å²) >= 11 is 0.923. The van der Waals surface area contributed by atoms with Crippen LogP contribution in [0.1, 0.15) is 10.5 Å². The second-order valence-corrected chi connectivity index (χ2v) is 2.68. The van der Waals surface area contributed by atoms with Crippen molar-refractivity contribution in [3.63, 3.8) is 0 Å². The van der Waals surface area contributed by atoms with Crippen LogP contribution in [0, 0.1) is 0 Å². The normalized spacial score (nSPS) is 9.55. The average Bonchev–Trinajstić information content (AvgIpc) is 2.53. The zero-order valence-corrected chi connectivity index (χ0v) is 6.77. The summed E-state index contributed by atoms with van der Waals surface area (Å²) in [5.74, 6) is -0.470. The number of nitrogens with one attached hydrogen (secondary N) is 1. The first kappa shape index (κ1) is 8.07. The van der Waals surface area contributed by atoms with Gasteiger partial charge in [-0.1, -0.05) is 11.8 Å². The van der Waals surface area contributed by atoms with Gasteiger partial charge >= 0.3 is 0 Å². The van der Waals surface area contributed by atoms with Gasteiger partial charge in [-0.05, 0) is 18.4 Å². The Balaban J connectivity index is 2.79. The molecule has 0 radical (unpaired) electrons. The molecular weight excluding hydrogens is 162 g/mol. The van der Waals surface area contributed by atoms with Crippen molar-refractivity contribution in [2.45, 2.75) is 0 Å². The molecule has 58 valence electrons. The fourth-order valence-corrected chi connectivity index (χ4v) is 0.970. The summed E-state index contributed by atoms with van der Waals surface area (Å²) in [6, 6.07) is 3.26. The Labute approximate surface area is 68.2 Å². The number of carbonyl (C=O) groups is 2. The minimum absolute atomic E-state index is 0.351. The number of carbonyl (C=O) groups excluding carboxylic acids is 2. The molecule has 0 unspecified atom stereocenters. The smallest absolute Gasteiger partial charge is 0.261 e. The highest BCUT2D eigenvalue weighted by atomic mass is 32.2. The first-order valence-corrected chi connectivity index (χ1v) is 4.24. The third-order valence-corrected chi connectivity index (χ3v) is 1.77. The number of aromatic nitrogens is 1. The van der Waals surface area contributed by atoms with E-state index in [1.807, 2.05) is 0 Å². The van der Waals surface area contributed by atoms with Crippen molar-refractivity contribution in [1.82, 2.24) is 4.98 Å². The molecule has 0 aliphatic rings. The number of ketones is 1. The highest BCUT2D eigenvalue weighted by Gasteiger charge is 2.14. The Kier molecular flexibility index (Phi) is 2.48. The number of aromatic amines is 1. The molecule has 0 aromatic carbocycles. The van der Waals surface area contributed by atoms with Crippen molar-refractivity contribution >= 4 is 22.7 Å². The van der Waals surface area contributed by atoms with Gasteiger partial charge in [0.25, 0.3) is 10.9 Å². The number of hydrogen-bond donors (Lipinski definition) is 1. The monoisotopic (exact) mass is 169 g/mol. The Bertz CT molecular complexity index is 266. The molecule has 1 aromatic heterocycles. The van der Waals surface area contributed by atoms with Crippen molar-refractivity contribution in [3.8, 4) is 0 Å². The van der Waals surface area contributed by atoms with Crippen LogP contribution in [0.25, 0.3) is 0 Å². The predicted molar refractivity (Wildman–Crippen MR) is 43.6 cm³/mol. The number of thioether (sulfide) groups is 1. The van der Waals surface area contributed by atoms with Crippen molar-refractivity contribution in [2.24, 2.45) is 0 Å². The lowest BCUT2D eigenvalue weighted by Crippen LogP contribution is -2.09. The van der Waals surface area contributed by atoms with Gasteiger partial charge in [0.05, 0.1) is 5.69 Å². The topological polar surface area (TPSA) is 49.9 Å². The molecule has 11 heavy (non-hydrogen) atoms.